The van der Waals surface area contributed by atoms with Crippen LogP contribution in [0.25, 0.3) is 0 Å². The van der Waals surface area contributed by atoms with Crippen LogP contribution in [0.5, 0.6) is 5.75 Å². The molecule has 1 aliphatic heterocycles. The summed E-state index contributed by atoms with van der Waals surface area (Å²) in [5.41, 5.74) is 0.336. The van der Waals surface area contributed by atoms with E-state index in [9.17, 15) is 13.2 Å². The third-order valence-electron chi connectivity index (χ3n) is 5.37. The van der Waals surface area contributed by atoms with Gasteiger partial charge in [0.05, 0.1) is 17.1 Å². The standard InChI is InChI=1S/C21H23ClN2O4S/c22-15-11-12-19-18(13-15)24(29(26,27)17-9-5-2-6-10-17)14-20(28-19)21(25)23-16-7-3-1-4-8-16/h2,5-6,9-13,16,20H,1,3-4,7-8,14H2,(H,23,25)/t20-/m1/s1. The van der Waals surface area contributed by atoms with Gasteiger partial charge in [0.1, 0.15) is 5.75 Å². The van der Waals surface area contributed by atoms with Crippen molar-refractivity contribution >= 4 is 33.2 Å². The number of carbonyl (C=O) groups is 1. The van der Waals surface area contributed by atoms with E-state index < -0.39 is 16.1 Å². The van der Waals surface area contributed by atoms with E-state index in [-0.39, 0.29) is 23.4 Å². The fourth-order valence-electron chi connectivity index (χ4n) is 3.85. The molecule has 6 nitrogen and oxygen atoms in total. The molecule has 1 heterocycles. The minimum Gasteiger partial charge on any atom is -0.476 e. The summed E-state index contributed by atoms with van der Waals surface area (Å²) < 4.78 is 33.7. The van der Waals surface area contributed by atoms with Gasteiger partial charge in [0.15, 0.2) is 6.10 Å². The lowest BCUT2D eigenvalue weighted by atomic mass is 9.95. The molecule has 1 fully saturated rings. The smallest absolute Gasteiger partial charge is 0.264 e. The molecular formula is C21H23ClN2O4S. The largest absolute Gasteiger partial charge is 0.476 e. The predicted octanol–water partition coefficient (Wildman–Crippen LogP) is 3.75. The van der Waals surface area contributed by atoms with E-state index in [1.54, 1.807) is 36.4 Å². The van der Waals surface area contributed by atoms with E-state index in [4.69, 9.17) is 16.3 Å². The number of fused-ring (bicyclic) bond motifs is 1. The van der Waals surface area contributed by atoms with E-state index in [2.05, 4.69) is 5.32 Å². The summed E-state index contributed by atoms with van der Waals surface area (Å²) >= 11 is 6.11. The number of ether oxygens (including phenoxy) is 1. The maximum absolute atomic E-state index is 13.3. The first-order valence-corrected chi connectivity index (χ1v) is 11.6. The van der Waals surface area contributed by atoms with Crippen LogP contribution in [0.2, 0.25) is 5.02 Å². The molecule has 0 unspecified atom stereocenters. The average Bonchev–Trinajstić information content (AvgIpc) is 2.74. The van der Waals surface area contributed by atoms with Crippen molar-refractivity contribution in [3.8, 4) is 5.75 Å². The van der Waals surface area contributed by atoms with Gasteiger partial charge in [-0.3, -0.25) is 9.10 Å². The van der Waals surface area contributed by atoms with Crippen molar-refractivity contribution in [1.29, 1.82) is 0 Å². The Morgan fingerprint density at radius 2 is 1.79 bits per heavy atom. The van der Waals surface area contributed by atoms with E-state index in [1.165, 1.54) is 22.9 Å². The van der Waals surface area contributed by atoms with E-state index in [0.717, 1.165) is 25.7 Å². The monoisotopic (exact) mass is 434 g/mol. The molecule has 1 amide bonds. The first-order valence-electron chi connectivity index (χ1n) is 9.79. The lowest BCUT2D eigenvalue weighted by molar-refractivity contribution is -0.128. The number of rotatable bonds is 4. The van der Waals surface area contributed by atoms with Gasteiger partial charge in [-0.1, -0.05) is 49.1 Å². The molecule has 0 radical (unpaired) electrons. The summed E-state index contributed by atoms with van der Waals surface area (Å²) in [7, 11) is -3.88. The first-order chi connectivity index (χ1) is 13.9. The van der Waals surface area contributed by atoms with Crippen LogP contribution in [0.15, 0.2) is 53.4 Å². The SMILES string of the molecule is O=C(NC1CCCCC1)[C@H]1CN(S(=O)(=O)c2ccccc2)c2cc(Cl)ccc2O1. The van der Waals surface area contributed by atoms with Crippen molar-refractivity contribution in [3.63, 3.8) is 0 Å². The highest BCUT2D eigenvalue weighted by Crippen LogP contribution is 2.38. The Morgan fingerprint density at radius 1 is 1.07 bits per heavy atom. The molecule has 0 aromatic heterocycles. The number of hydrogen-bond donors (Lipinski definition) is 1. The molecule has 1 saturated carbocycles. The van der Waals surface area contributed by atoms with Crippen LogP contribution in [0, 0.1) is 0 Å². The highest BCUT2D eigenvalue weighted by molar-refractivity contribution is 7.92. The van der Waals surface area contributed by atoms with Gasteiger partial charge in [0, 0.05) is 11.1 Å². The van der Waals surface area contributed by atoms with Gasteiger partial charge < -0.3 is 10.1 Å². The second kappa shape index (κ2) is 8.24. The zero-order chi connectivity index (χ0) is 20.4. The molecule has 2 aliphatic rings. The van der Waals surface area contributed by atoms with Gasteiger partial charge >= 0.3 is 0 Å². The maximum atomic E-state index is 13.3. The lowest BCUT2D eigenvalue weighted by Gasteiger charge is -2.35. The Hall–Kier alpha value is -2.25. The van der Waals surface area contributed by atoms with Gasteiger partial charge in [-0.25, -0.2) is 8.42 Å². The van der Waals surface area contributed by atoms with Crippen molar-refractivity contribution in [3.05, 3.63) is 53.6 Å². The van der Waals surface area contributed by atoms with Crippen molar-refractivity contribution in [2.45, 2.75) is 49.1 Å². The van der Waals surface area contributed by atoms with Crippen LogP contribution in [0.3, 0.4) is 0 Å². The average molecular weight is 435 g/mol. The van der Waals surface area contributed by atoms with Crippen LogP contribution in [-0.4, -0.2) is 33.0 Å². The van der Waals surface area contributed by atoms with Gasteiger partial charge in [-0.2, -0.15) is 0 Å². The lowest BCUT2D eigenvalue weighted by Crippen LogP contribution is -2.52. The zero-order valence-electron chi connectivity index (χ0n) is 15.9. The Kier molecular flexibility index (Phi) is 5.69. The molecule has 4 rings (SSSR count). The number of carbonyl (C=O) groups excluding carboxylic acids is 1. The third kappa shape index (κ3) is 4.21. The number of sulfonamides is 1. The van der Waals surface area contributed by atoms with Gasteiger partial charge in [-0.05, 0) is 43.2 Å². The van der Waals surface area contributed by atoms with E-state index in [1.807, 2.05) is 0 Å². The van der Waals surface area contributed by atoms with Crippen LogP contribution in [0.4, 0.5) is 5.69 Å². The van der Waals surface area contributed by atoms with E-state index >= 15 is 0 Å². The van der Waals surface area contributed by atoms with Gasteiger partial charge in [0.2, 0.25) is 0 Å². The number of amides is 1. The Bertz CT molecular complexity index is 991. The number of anilines is 1. The van der Waals surface area contributed by atoms with E-state index in [0.29, 0.717) is 16.5 Å². The third-order valence-corrected chi connectivity index (χ3v) is 7.39. The second-order valence-corrected chi connectivity index (χ2v) is 9.71. The Morgan fingerprint density at radius 3 is 2.52 bits per heavy atom. The molecule has 29 heavy (non-hydrogen) atoms. The molecule has 1 atom stereocenters. The molecule has 1 N–H and O–H groups in total. The number of benzene rings is 2. The quantitative estimate of drug-likeness (QED) is 0.795. The summed E-state index contributed by atoms with van der Waals surface area (Å²) in [5, 5.41) is 3.43. The summed E-state index contributed by atoms with van der Waals surface area (Å²) in [5.74, 6) is 0.0368. The Labute approximate surface area is 175 Å². The molecule has 154 valence electrons. The topological polar surface area (TPSA) is 75.7 Å². The molecule has 1 aliphatic carbocycles. The second-order valence-electron chi connectivity index (χ2n) is 7.41. The summed E-state index contributed by atoms with van der Waals surface area (Å²) in [6.07, 6.45) is 4.32. The number of nitrogens with one attached hydrogen (secondary N) is 1. The van der Waals surface area contributed by atoms with Crippen molar-refractivity contribution in [2.75, 3.05) is 10.8 Å². The summed E-state index contributed by atoms with van der Waals surface area (Å²) in [4.78, 5) is 13.0. The molecule has 0 bridgehead atoms. The Balaban J connectivity index is 1.65. The molecule has 2 aromatic carbocycles. The van der Waals surface area contributed by atoms with Crippen molar-refractivity contribution < 1.29 is 17.9 Å². The summed E-state index contributed by atoms with van der Waals surface area (Å²) in [6.45, 7) is -0.108. The highest BCUT2D eigenvalue weighted by Gasteiger charge is 2.38. The van der Waals surface area contributed by atoms with Gasteiger partial charge in [-0.15, -0.1) is 0 Å². The van der Waals surface area contributed by atoms with Crippen LogP contribution in [0.1, 0.15) is 32.1 Å². The van der Waals surface area contributed by atoms with Crippen LogP contribution in [-0.2, 0) is 14.8 Å². The minimum atomic E-state index is -3.88. The fraction of sp³-hybridized carbons (Fsp3) is 0.381. The highest BCUT2D eigenvalue weighted by atomic mass is 35.5. The van der Waals surface area contributed by atoms with Crippen LogP contribution >= 0.6 is 11.6 Å². The minimum absolute atomic E-state index is 0.108. The molecule has 2 aromatic rings. The molecule has 8 heteroatoms. The molecule has 0 spiro atoms. The normalized spacial score (nSPS) is 19.9. The van der Waals surface area contributed by atoms with Crippen LogP contribution < -0.4 is 14.4 Å². The number of nitrogens with zero attached hydrogens (tertiary/aromatic N) is 1. The predicted molar refractivity (Wildman–Crippen MR) is 112 cm³/mol. The number of hydrogen-bond acceptors (Lipinski definition) is 4. The fourth-order valence-corrected chi connectivity index (χ4v) is 5.50. The maximum Gasteiger partial charge on any atom is 0.264 e. The first kappa shape index (κ1) is 20.0. The van der Waals surface area contributed by atoms with Crippen molar-refractivity contribution in [1.82, 2.24) is 5.32 Å². The summed E-state index contributed by atoms with van der Waals surface area (Å²) in [6, 6.07) is 13.0. The molecule has 0 saturated heterocycles. The van der Waals surface area contributed by atoms with Crippen molar-refractivity contribution in [2.24, 2.45) is 0 Å². The number of halogens is 1. The molecular weight excluding hydrogens is 412 g/mol. The zero-order valence-corrected chi connectivity index (χ0v) is 17.5. The van der Waals surface area contributed by atoms with Gasteiger partial charge in [0.25, 0.3) is 15.9 Å².